The summed E-state index contributed by atoms with van der Waals surface area (Å²) in [4.78, 5) is 23.7. The first-order valence-electron chi connectivity index (χ1n) is 6.97. The van der Waals surface area contributed by atoms with E-state index >= 15 is 0 Å². The van der Waals surface area contributed by atoms with Gasteiger partial charge in [-0.1, -0.05) is 20.3 Å². The molecule has 4 nitrogen and oxygen atoms in total. The summed E-state index contributed by atoms with van der Waals surface area (Å²) in [6, 6.07) is 6.86. The highest BCUT2D eigenvalue weighted by Crippen LogP contribution is 2.36. The molecule has 0 aromatic rings. The van der Waals surface area contributed by atoms with Crippen LogP contribution in [0.25, 0.3) is 11.3 Å². The van der Waals surface area contributed by atoms with Gasteiger partial charge >= 0.3 is 0 Å². The van der Waals surface area contributed by atoms with Crippen molar-refractivity contribution in [1.29, 1.82) is 0 Å². The average Bonchev–Trinajstić information content (AvgIpc) is 2.77. The molecule has 2 heterocycles. The van der Waals surface area contributed by atoms with Gasteiger partial charge in [0.25, 0.3) is 5.91 Å². The van der Waals surface area contributed by atoms with Crippen LogP contribution in [0.5, 0.6) is 0 Å². The van der Waals surface area contributed by atoms with Crippen molar-refractivity contribution in [2.24, 2.45) is 13.0 Å². The number of carbonyl (C=O) groups is 1. The fourth-order valence-corrected chi connectivity index (χ4v) is 2.97. The molecule has 0 radical (unpaired) electrons. The first-order chi connectivity index (χ1) is 9.52. The molecule has 3 aliphatic rings. The zero-order valence-corrected chi connectivity index (χ0v) is 11.9. The van der Waals surface area contributed by atoms with E-state index in [1.54, 1.807) is 12.1 Å². The Bertz CT molecular complexity index is 717. The van der Waals surface area contributed by atoms with Crippen LogP contribution in [0.3, 0.4) is 0 Å². The van der Waals surface area contributed by atoms with Gasteiger partial charge in [-0.3, -0.25) is 9.59 Å². The molecular formula is C16H18N2O2. The Labute approximate surface area is 117 Å². The predicted molar refractivity (Wildman–Crippen MR) is 78.0 cm³/mol. The Morgan fingerprint density at radius 3 is 2.75 bits per heavy atom. The molecule has 0 fully saturated rings. The van der Waals surface area contributed by atoms with Crippen molar-refractivity contribution < 1.29 is 4.79 Å². The number of aromatic nitrogens is 1. The number of rotatable bonds is 2. The lowest BCUT2D eigenvalue weighted by atomic mass is 9.94. The lowest BCUT2D eigenvalue weighted by Gasteiger charge is -2.23. The molecule has 0 aromatic heterocycles. The lowest BCUT2D eigenvalue weighted by Crippen LogP contribution is -2.25. The van der Waals surface area contributed by atoms with E-state index in [0.29, 0.717) is 5.92 Å². The van der Waals surface area contributed by atoms with Crippen molar-refractivity contribution in [2.45, 2.75) is 26.3 Å². The monoisotopic (exact) mass is 270 g/mol. The molecule has 0 bridgehead atoms. The number of carbonyl (C=O) groups excluding carboxylic acids is 1. The first-order valence-corrected chi connectivity index (χ1v) is 6.97. The summed E-state index contributed by atoms with van der Waals surface area (Å²) in [7, 11) is 1.93. The molecule has 3 rings (SSSR count). The zero-order valence-electron chi connectivity index (χ0n) is 11.9. The minimum atomic E-state index is -0.0194. The molecule has 1 amide bonds. The van der Waals surface area contributed by atoms with Gasteiger partial charge < -0.3 is 9.88 Å². The highest BCUT2D eigenvalue weighted by molar-refractivity contribution is 6.00. The number of benzene rings is 1. The third-order valence-electron chi connectivity index (χ3n) is 4.34. The summed E-state index contributed by atoms with van der Waals surface area (Å²) in [6.45, 7) is 4.25. The fourth-order valence-electron chi connectivity index (χ4n) is 2.97. The topological polar surface area (TPSA) is 51.1 Å². The fraction of sp³-hybridized carbons (Fsp3) is 0.375. The van der Waals surface area contributed by atoms with Crippen molar-refractivity contribution in [1.82, 2.24) is 9.88 Å². The van der Waals surface area contributed by atoms with Crippen LogP contribution in [0, 0.1) is 5.92 Å². The summed E-state index contributed by atoms with van der Waals surface area (Å²) in [5, 5.41) is 3.06. The average molecular weight is 270 g/mol. The van der Waals surface area contributed by atoms with Crippen LogP contribution in [0.1, 0.15) is 42.4 Å². The van der Waals surface area contributed by atoms with E-state index in [2.05, 4.69) is 19.2 Å². The van der Waals surface area contributed by atoms with Crippen molar-refractivity contribution in [2.75, 3.05) is 0 Å². The maximum atomic E-state index is 12.2. The molecule has 104 valence electrons. The van der Waals surface area contributed by atoms with Gasteiger partial charge in [-0.05, 0) is 29.7 Å². The van der Waals surface area contributed by atoms with Crippen LogP contribution in [0.4, 0.5) is 0 Å². The lowest BCUT2D eigenvalue weighted by molar-refractivity contribution is 0.0947. The van der Waals surface area contributed by atoms with Gasteiger partial charge in [0.05, 0.1) is 23.0 Å². The Hall–Kier alpha value is -2.10. The van der Waals surface area contributed by atoms with Crippen LogP contribution in [-0.2, 0) is 7.05 Å². The van der Waals surface area contributed by atoms with Crippen molar-refractivity contribution in [3.05, 3.63) is 45.7 Å². The summed E-state index contributed by atoms with van der Waals surface area (Å²) < 4.78 is 1.99. The van der Waals surface area contributed by atoms with Gasteiger partial charge in [0.2, 0.25) is 0 Å². The van der Waals surface area contributed by atoms with E-state index in [4.69, 9.17) is 0 Å². The van der Waals surface area contributed by atoms with Crippen molar-refractivity contribution in [3.63, 3.8) is 0 Å². The molecule has 0 unspecified atom stereocenters. The summed E-state index contributed by atoms with van der Waals surface area (Å²) in [6.07, 6.45) is 0.990. The molecule has 0 saturated heterocycles. The molecule has 2 atom stereocenters. The van der Waals surface area contributed by atoms with E-state index in [1.165, 1.54) is 6.07 Å². The normalized spacial score (nSPS) is 18.9. The number of amides is 1. The zero-order chi connectivity index (χ0) is 14.4. The largest absolute Gasteiger partial charge is 0.345 e. The molecule has 4 heteroatoms. The van der Waals surface area contributed by atoms with Crippen molar-refractivity contribution in [3.8, 4) is 11.3 Å². The molecule has 2 aliphatic heterocycles. The molecule has 1 N–H and O–H groups in total. The van der Waals surface area contributed by atoms with E-state index in [0.717, 1.165) is 28.9 Å². The van der Waals surface area contributed by atoms with Gasteiger partial charge in [-0.2, -0.15) is 0 Å². The Balaban J connectivity index is 2.30. The van der Waals surface area contributed by atoms with Crippen LogP contribution in [-0.4, -0.2) is 10.5 Å². The van der Waals surface area contributed by atoms with E-state index in [1.807, 2.05) is 17.7 Å². The maximum Gasteiger partial charge on any atom is 0.253 e. The van der Waals surface area contributed by atoms with Crippen molar-refractivity contribution >= 4 is 5.91 Å². The number of pyridine rings is 1. The summed E-state index contributed by atoms with van der Waals surface area (Å²) in [5.74, 6) is 0.341. The minimum absolute atomic E-state index is 0.00887. The molecule has 0 spiro atoms. The van der Waals surface area contributed by atoms with Gasteiger partial charge in [-0.25, -0.2) is 0 Å². The summed E-state index contributed by atoms with van der Waals surface area (Å²) >= 11 is 0. The SMILES string of the molecule is CC[C@H](C)[C@H]1NC(=O)c2cc3ccc(=O)cc-3n(C)c21. The van der Waals surface area contributed by atoms with Crippen LogP contribution < -0.4 is 10.7 Å². The van der Waals surface area contributed by atoms with E-state index in [-0.39, 0.29) is 17.4 Å². The van der Waals surface area contributed by atoms with Gasteiger partial charge in [0.15, 0.2) is 5.43 Å². The highest BCUT2D eigenvalue weighted by atomic mass is 16.2. The van der Waals surface area contributed by atoms with Crippen LogP contribution in [0.15, 0.2) is 29.1 Å². The van der Waals surface area contributed by atoms with Crippen LogP contribution >= 0.6 is 0 Å². The van der Waals surface area contributed by atoms with Gasteiger partial charge in [-0.15, -0.1) is 0 Å². The number of hydrogen-bond donors (Lipinski definition) is 1. The number of fused-ring (bicyclic) bond motifs is 2. The predicted octanol–water partition coefficient (Wildman–Crippen LogP) is 2.32. The minimum Gasteiger partial charge on any atom is -0.345 e. The number of nitrogens with zero attached hydrogens (tertiary/aromatic N) is 1. The van der Waals surface area contributed by atoms with Gasteiger partial charge in [0, 0.05) is 13.1 Å². The van der Waals surface area contributed by atoms with E-state index < -0.39 is 0 Å². The van der Waals surface area contributed by atoms with Crippen LogP contribution in [0.2, 0.25) is 0 Å². The molecular weight excluding hydrogens is 252 g/mol. The second kappa shape index (κ2) is 4.47. The third-order valence-corrected chi connectivity index (χ3v) is 4.34. The summed E-state index contributed by atoms with van der Waals surface area (Å²) in [5.41, 5.74) is 3.50. The van der Waals surface area contributed by atoms with Gasteiger partial charge in [0.1, 0.15) is 0 Å². The second-order valence-corrected chi connectivity index (χ2v) is 5.56. The first kappa shape index (κ1) is 12.9. The van der Waals surface area contributed by atoms with E-state index in [9.17, 15) is 9.59 Å². The number of nitrogens with one attached hydrogen (secondary N) is 1. The quantitative estimate of drug-likeness (QED) is 0.910. The Kier molecular flexibility index (Phi) is 2.89. The third kappa shape index (κ3) is 1.75. The molecule has 0 saturated carbocycles. The molecule has 1 aliphatic carbocycles. The number of hydrogen-bond acceptors (Lipinski definition) is 2. The molecule has 0 aromatic carbocycles. The highest BCUT2D eigenvalue weighted by Gasteiger charge is 2.34. The standard InChI is InChI=1S/C16H18N2O2/c1-4-9(2)14-15-12(16(20)17-14)7-10-5-6-11(19)8-13(10)18(15)3/h5-9,14H,4H2,1-3H3,(H,17,20)/t9-,14+/m0/s1. The second-order valence-electron chi connectivity index (χ2n) is 5.56. The Morgan fingerprint density at radius 1 is 1.30 bits per heavy atom. The maximum absolute atomic E-state index is 12.2. The smallest absolute Gasteiger partial charge is 0.253 e. The molecule has 20 heavy (non-hydrogen) atoms. The Morgan fingerprint density at radius 2 is 2.05 bits per heavy atom.